The number of benzene rings is 1. The second kappa shape index (κ2) is 8.00. The van der Waals surface area contributed by atoms with Crippen LogP contribution < -0.4 is 14.3 Å². The lowest BCUT2D eigenvalue weighted by Crippen LogP contribution is -2.40. The maximum Gasteiger partial charge on any atom is 0.326 e. The topological polar surface area (TPSA) is 116 Å². The molecule has 2 aliphatic heterocycles. The van der Waals surface area contributed by atoms with Crippen molar-refractivity contribution in [2.45, 2.75) is 32.4 Å². The van der Waals surface area contributed by atoms with Gasteiger partial charge in [0.05, 0.1) is 23.1 Å². The van der Waals surface area contributed by atoms with Gasteiger partial charge in [-0.15, -0.1) is 0 Å². The van der Waals surface area contributed by atoms with Crippen LogP contribution in [0.1, 0.15) is 19.8 Å². The van der Waals surface area contributed by atoms with Gasteiger partial charge in [-0.1, -0.05) is 11.3 Å². The standard InChI is InChI=1S/C18H21N3O7S2/c1-3-26-16(22)9-20-12-7-13-14(28-10-27-13)8-15(12)29-18(20)19-17(23)11-5-4-6-21(11)30(2,24)25/h7-8,11H,3-6,9-10H2,1-2H3. The Balaban J connectivity index is 1.78. The lowest BCUT2D eigenvalue weighted by molar-refractivity contribution is -0.143. The molecular formula is C18H21N3O7S2. The molecule has 0 bridgehead atoms. The van der Waals surface area contributed by atoms with Gasteiger partial charge >= 0.3 is 5.97 Å². The smallest absolute Gasteiger partial charge is 0.326 e. The van der Waals surface area contributed by atoms with Gasteiger partial charge in [-0.05, 0) is 19.8 Å². The number of esters is 1. The van der Waals surface area contributed by atoms with Crippen LogP contribution in [0.2, 0.25) is 0 Å². The van der Waals surface area contributed by atoms with E-state index >= 15 is 0 Å². The third-order valence-electron chi connectivity index (χ3n) is 4.89. The highest BCUT2D eigenvalue weighted by Gasteiger charge is 2.36. The van der Waals surface area contributed by atoms with Gasteiger partial charge in [0.25, 0.3) is 5.91 Å². The highest BCUT2D eigenvalue weighted by atomic mass is 32.2. The summed E-state index contributed by atoms with van der Waals surface area (Å²) in [5.74, 6) is 0.0864. The summed E-state index contributed by atoms with van der Waals surface area (Å²) in [6, 6.07) is 2.67. The first-order valence-electron chi connectivity index (χ1n) is 9.42. The summed E-state index contributed by atoms with van der Waals surface area (Å²) in [7, 11) is -3.52. The van der Waals surface area contributed by atoms with Gasteiger partial charge in [-0.2, -0.15) is 9.30 Å². The van der Waals surface area contributed by atoms with Crippen LogP contribution in [-0.4, -0.2) is 61.4 Å². The minimum absolute atomic E-state index is 0.114. The van der Waals surface area contributed by atoms with Crippen LogP contribution in [0.3, 0.4) is 0 Å². The van der Waals surface area contributed by atoms with Crippen LogP contribution >= 0.6 is 11.3 Å². The number of thiazole rings is 1. The lowest BCUT2D eigenvalue weighted by Gasteiger charge is -2.18. The zero-order valence-electron chi connectivity index (χ0n) is 16.5. The maximum absolute atomic E-state index is 12.9. The molecule has 12 heteroatoms. The first-order chi connectivity index (χ1) is 14.3. The van der Waals surface area contributed by atoms with Crippen molar-refractivity contribution in [3.8, 4) is 11.5 Å². The van der Waals surface area contributed by atoms with Crippen molar-refractivity contribution in [2.24, 2.45) is 4.99 Å². The predicted octanol–water partition coefficient (Wildman–Crippen LogP) is 0.846. The Hall–Kier alpha value is -2.44. The number of carbonyl (C=O) groups excluding carboxylic acids is 2. The summed E-state index contributed by atoms with van der Waals surface area (Å²) in [4.78, 5) is 29.5. The molecule has 0 spiro atoms. The Morgan fingerprint density at radius 3 is 2.73 bits per heavy atom. The van der Waals surface area contributed by atoms with E-state index < -0.39 is 27.9 Å². The molecule has 4 rings (SSSR count). The first-order valence-corrected chi connectivity index (χ1v) is 12.1. The van der Waals surface area contributed by atoms with Gasteiger partial charge < -0.3 is 18.8 Å². The Morgan fingerprint density at radius 1 is 1.30 bits per heavy atom. The Kier molecular flexibility index (Phi) is 5.55. The molecule has 1 atom stereocenters. The fraction of sp³-hybridized carbons (Fsp3) is 0.500. The quantitative estimate of drug-likeness (QED) is 0.614. The summed E-state index contributed by atoms with van der Waals surface area (Å²) >= 11 is 1.21. The lowest BCUT2D eigenvalue weighted by atomic mass is 10.2. The van der Waals surface area contributed by atoms with Gasteiger partial charge in [0, 0.05) is 18.7 Å². The van der Waals surface area contributed by atoms with Crippen LogP contribution in [0.4, 0.5) is 0 Å². The number of fused-ring (bicyclic) bond motifs is 2. The third kappa shape index (κ3) is 3.94. The van der Waals surface area contributed by atoms with E-state index in [0.29, 0.717) is 36.4 Å². The normalized spacial score (nSPS) is 19.5. The molecule has 0 N–H and O–H groups in total. The van der Waals surface area contributed by atoms with Crippen LogP contribution in [-0.2, 0) is 30.9 Å². The molecule has 1 saturated heterocycles. The summed E-state index contributed by atoms with van der Waals surface area (Å²) in [5, 5.41) is 0. The Bertz CT molecular complexity index is 1180. The van der Waals surface area contributed by atoms with Gasteiger partial charge in [-0.3, -0.25) is 9.59 Å². The summed E-state index contributed by atoms with van der Waals surface area (Å²) < 4.78 is 43.3. The minimum Gasteiger partial charge on any atom is -0.465 e. The molecular weight excluding hydrogens is 434 g/mol. The van der Waals surface area contributed by atoms with E-state index in [4.69, 9.17) is 14.2 Å². The summed E-state index contributed by atoms with van der Waals surface area (Å²) in [6.07, 6.45) is 2.09. The number of hydrogen-bond acceptors (Lipinski definition) is 8. The van der Waals surface area contributed by atoms with Gasteiger partial charge in [0.15, 0.2) is 16.3 Å². The maximum atomic E-state index is 12.9. The van der Waals surface area contributed by atoms with Crippen LogP contribution in [0.15, 0.2) is 17.1 Å². The number of rotatable bonds is 5. The van der Waals surface area contributed by atoms with E-state index in [1.165, 1.54) is 15.6 Å². The number of hydrogen-bond donors (Lipinski definition) is 0. The van der Waals surface area contributed by atoms with Crippen molar-refractivity contribution < 1.29 is 32.2 Å². The van der Waals surface area contributed by atoms with E-state index in [-0.39, 0.29) is 24.7 Å². The van der Waals surface area contributed by atoms with Crippen molar-refractivity contribution in [3.63, 3.8) is 0 Å². The van der Waals surface area contributed by atoms with E-state index in [1.807, 2.05) is 0 Å². The molecule has 162 valence electrons. The highest BCUT2D eigenvalue weighted by Crippen LogP contribution is 2.37. The van der Waals surface area contributed by atoms with E-state index in [1.54, 1.807) is 23.6 Å². The molecule has 0 aliphatic carbocycles. The molecule has 1 aromatic carbocycles. The van der Waals surface area contributed by atoms with Gasteiger partial charge in [0.1, 0.15) is 12.6 Å². The molecule has 0 radical (unpaired) electrons. The number of amides is 1. The molecule has 2 aromatic rings. The van der Waals surface area contributed by atoms with Crippen LogP contribution in [0, 0.1) is 0 Å². The SMILES string of the molecule is CCOC(=O)Cn1c(=NC(=O)C2CCCN2S(C)(=O)=O)sc2cc3c(cc21)OCO3. The number of ether oxygens (including phenoxy) is 3. The second-order valence-electron chi connectivity index (χ2n) is 6.93. The van der Waals surface area contributed by atoms with Gasteiger partial charge in [-0.25, -0.2) is 8.42 Å². The summed E-state index contributed by atoms with van der Waals surface area (Å²) in [5.41, 5.74) is 0.648. The predicted molar refractivity (Wildman–Crippen MR) is 108 cm³/mol. The summed E-state index contributed by atoms with van der Waals surface area (Å²) in [6.45, 7) is 2.20. The number of sulfonamides is 1. The molecule has 30 heavy (non-hydrogen) atoms. The number of aromatic nitrogens is 1. The zero-order valence-corrected chi connectivity index (χ0v) is 18.1. The van der Waals surface area contributed by atoms with Crippen molar-refractivity contribution in [2.75, 3.05) is 26.2 Å². The van der Waals surface area contributed by atoms with E-state index in [0.717, 1.165) is 11.0 Å². The minimum atomic E-state index is -3.52. The van der Waals surface area contributed by atoms with Crippen molar-refractivity contribution >= 4 is 43.5 Å². The molecule has 1 amide bonds. The average Bonchev–Trinajstić information content (AvgIpc) is 3.39. The zero-order chi connectivity index (χ0) is 21.5. The number of nitrogens with zero attached hydrogens (tertiary/aromatic N) is 3. The first kappa shape index (κ1) is 20.8. The molecule has 0 saturated carbocycles. The molecule has 1 unspecified atom stereocenters. The van der Waals surface area contributed by atoms with E-state index in [9.17, 15) is 18.0 Å². The van der Waals surface area contributed by atoms with Crippen LogP contribution in [0.25, 0.3) is 10.2 Å². The average molecular weight is 456 g/mol. The molecule has 10 nitrogen and oxygen atoms in total. The second-order valence-corrected chi connectivity index (χ2v) is 9.87. The van der Waals surface area contributed by atoms with Crippen molar-refractivity contribution in [1.29, 1.82) is 0 Å². The van der Waals surface area contributed by atoms with E-state index in [2.05, 4.69) is 4.99 Å². The Morgan fingerprint density at radius 2 is 2.03 bits per heavy atom. The third-order valence-corrected chi connectivity index (χ3v) is 7.22. The largest absolute Gasteiger partial charge is 0.465 e. The fourth-order valence-corrected chi connectivity index (χ4v) is 5.75. The monoisotopic (exact) mass is 455 g/mol. The van der Waals surface area contributed by atoms with Crippen molar-refractivity contribution in [1.82, 2.24) is 8.87 Å². The van der Waals surface area contributed by atoms with Gasteiger partial charge in [0.2, 0.25) is 16.8 Å². The molecule has 2 aliphatic rings. The highest BCUT2D eigenvalue weighted by molar-refractivity contribution is 7.88. The van der Waals surface area contributed by atoms with Crippen LogP contribution in [0.5, 0.6) is 11.5 Å². The fourth-order valence-electron chi connectivity index (χ4n) is 3.59. The van der Waals surface area contributed by atoms with Crippen molar-refractivity contribution in [3.05, 3.63) is 16.9 Å². The molecule has 1 aromatic heterocycles. The molecule has 1 fully saturated rings. The molecule has 3 heterocycles. The number of carbonyl (C=O) groups is 2. The Labute approximate surface area is 176 Å².